The van der Waals surface area contributed by atoms with Crippen LogP contribution in [-0.2, 0) is 4.79 Å². The lowest BCUT2D eigenvalue weighted by Gasteiger charge is -2.15. The van der Waals surface area contributed by atoms with Gasteiger partial charge in [-0.15, -0.1) is 0 Å². The molecule has 0 aliphatic rings. The van der Waals surface area contributed by atoms with Crippen molar-refractivity contribution in [2.75, 3.05) is 13.2 Å². The van der Waals surface area contributed by atoms with E-state index in [4.69, 9.17) is 22.1 Å². The van der Waals surface area contributed by atoms with Crippen molar-refractivity contribution in [3.05, 3.63) is 65.2 Å². The third kappa shape index (κ3) is 5.57. The van der Waals surface area contributed by atoms with E-state index in [1.165, 1.54) is 0 Å². The highest BCUT2D eigenvalue weighted by molar-refractivity contribution is 6.30. The number of quaternary nitrogens is 1. The smallest absolute Gasteiger partial charge is 0.319 e. The fourth-order valence-electron chi connectivity index (χ4n) is 2.20. The molecule has 24 heavy (non-hydrogen) atoms. The molecule has 2 aromatic rings. The number of primary amides is 1. The van der Waals surface area contributed by atoms with Crippen LogP contribution in [0.5, 0.6) is 5.75 Å². The SMILES string of the molecule is NC(=O)NC(=O)[C@H]([NH2+]CCOc1ccc(Cl)cc1)c1ccccc1. The number of urea groups is 1. The fourth-order valence-corrected chi connectivity index (χ4v) is 2.32. The molecular weight excluding hydrogens is 330 g/mol. The van der Waals surface area contributed by atoms with Gasteiger partial charge in [0.05, 0.1) is 0 Å². The van der Waals surface area contributed by atoms with E-state index in [9.17, 15) is 9.59 Å². The Hall–Kier alpha value is -2.57. The van der Waals surface area contributed by atoms with E-state index in [2.05, 4.69) is 5.32 Å². The first kappa shape index (κ1) is 17.8. The van der Waals surface area contributed by atoms with Gasteiger partial charge in [-0.05, 0) is 24.3 Å². The fraction of sp³-hybridized carbons (Fsp3) is 0.176. The highest BCUT2D eigenvalue weighted by Gasteiger charge is 2.24. The van der Waals surface area contributed by atoms with Crippen LogP contribution in [0.15, 0.2) is 54.6 Å². The Morgan fingerprint density at radius 2 is 1.79 bits per heavy atom. The summed E-state index contributed by atoms with van der Waals surface area (Å²) in [6.07, 6.45) is 0. The summed E-state index contributed by atoms with van der Waals surface area (Å²) in [5, 5.41) is 4.55. The Morgan fingerprint density at radius 3 is 2.42 bits per heavy atom. The van der Waals surface area contributed by atoms with Crippen LogP contribution in [0.2, 0.25) is 5.02 Å². The molecule has 0 aliphatic heterocycles. The molecule has 0 saturated carbocycles. The van der Waals surface area contributed by atoms with Gasteiger partial charge in [0.1, 0.15) is 18.9 Å². The molecule has 126 valence electrons. The van der Waals surface area contributed by atoms with Crippen molar-refractivity contribution in [1.29, 1.82) is 0 Å². The number of halogens is 1. The predicted molar refractivity (Wildman–Crippen MR) is 90.6 cm³/mol. The minimum atomic E-state index is -0.869. The van der Waals surface area contributed by atoms with Crippen molar-refractivity contribution in [3.8, 4) is 5.75 Å². The Labute approximate surface area is 144 Å². The van der Waals surface area contributed by atoms with E-state index >= 15 is 0 Å². The van der Waals surface area contributed by atoms with Crippen LogP contribution in [0.4, 0.5) is 4.79 Å². The van der Waals surface area contributed by atoms with E-state index in [-0.39, 0.29) is 0 Å². The number of carbonyl (C=O) groups is 2. The third-order valence-electron chi connectivity index (χ3n) is 3.29. The van der Waals surface area contributed by atoms with Crippen LogP contribution in [0.3, 0.4) is 0 Å². The van der Waals surface area contributed by atoms with Crippen molar-refractivity contribution >= 4 is 23.5 Å². The van der Waals surface area contributed by atoms with Gasteiger partial charge in [-0.3, -0.25) is 10.1 Å². The number of nitrogens with two attached hydrogens (primary N) is 2. The lowest BCUT2D eigenvalue weighted by atomic mass is 10.1. The first-order valence-corrected chi connectivity index (χ1v) is 7.81. The van der Waals surface area contributed by atoms with E-state index in [1.54, 1.807) is 29.6 Å². The number of nitrogens with one attached hydrogen (secondary N) is 1. The summed E-state index contributed by atoms with van der Waals surface area (Å²) >= 11 is 5.81. The van der Waals surface area contributed by atoms with E-state index in [0.29, 0.717) is 23.9 Å². The maximum absolute atomic E-state index is 12.2. The number of hydrogen-bond donors (Lipinski definition) is 3. The summed E-state index contributed by atoms with van der Waals surface area (Å²) in [5.74, 6) is 0.242. The molecule has 0 saturated heterocycles. The number of benzene rings is 2. The molecule has 0 unspecified atom stereocenters. The lowest BCUT2D eigenvalue weighted by molar-refractivity contribution is -0.683. The largest absolute Gasteiger partial charge is 0.488 e. The highest BCUT2D eigenvalue weighted by Crippen LogP contribution is 2.15. The van der Waals surface area contributed by atoms with Crippen molar-refractivity contribution in [3.63, 3.8) is 0 Å². The Bertz CT molecular complexity index is 677. The second kappa shape index (κ2) is 8.90. The van der Waals surface area contributed by atoms with Gasteiger partial charge in [0.25, 0.3) is 5.91 Å². The molecule has 0 heterocycles. The minimum absolute atomic E-state index is 0.398. The summed E-state index contributed by atoms with van der Waals surface area (Å²) in [6.45, 7) is 0.920. The van der Waals surface area contributed by atoms with Crippen molar-refractivity contribution in [2.24, 2.45) is 5.73 Å². The molecule has 6 nitrogen and oxygen atoms in total. The molecule has 0 radical (unpaired) electrons. The summed E-state index contributed by atoms with van der Waals surface area (Å²) < 4.78 is 5.59. The summed E-state index contributed by atoms with van der Waals surface area (Å²) in [7, 11) is 0. The third-order valence-corrected chi connectivity index (χ3v) is 3.54. The number of carbonyl (C=O) groups excluding carboxylic acids is 2. The number of rotatable bonds is 7. The topological polar surface area (TPSA) is 98.0 Å². The zero-order valence-electron chi connectivity index (χ0n) is 12.9. The molecule has 2 aromatic carbocycles. The molecule has 0 fully saturated rings. The van der Waals surface area contributed by atoms with Crippen LogP contribution in [0.25, 0.3) is 0 Å². The van der Waals surface area contributed by atoms with Gasteiger partial charge in [0.15, 0.2) is 6.04 Å². The highest BCUT2D eigenvalue weighted by atomic mass is 35.5. The molecule has 0 aromatic heterocycles. The van der Waals surface area contributed by atoms with Crippen molar-refractivity contribution in [1.82, 2.24) is 5.32 Å². The maximum atomic E-state index is 12.2. The Morgan fingerprint density at radius 1 is 1.12 bits per heavy atom. The second-order valence-corrected chi connectivity index (χ2v) is 5.51. The van der Waals surface area contributed by atoms with Crippen molar-refractivity contribution < 1.29 is 19.6 Å². The quantitative estimate of drug-likeness (QED) is 0.656. The van der Waals surface area contributed by atoms with Crippen LogP contribution in [-0.4, -0.2) is 25.1 Å². The number of ether oxygens (including phenoxy) is 1. The number of hydrogen-bond acceptors (Lipinski definition) is 3. The van der Waals surface area contributed by atoms with E-state index in [1.807, 2.05) is 30.3 Å². The average molecular weight is 349 g/mol. The van der Waals surface area contributed by atoms with E-state index in [0.717, 1.165) is 5.56 Å². The number of amides is 3. The molecule has 0 bridgehead atoms. The first-order chi connectivity index (χ1) is 11.6. The zero-order valence-corrected chi connectivity index (χ0v) is 13.7. The molecule has 5 N–H and O–H groups in total. The molecule has 7 heteroatoms. The van der Waals surface area contributed by atoms with E-state index < -0.39 is 18.0 Å². The van der Waals surface area contributed by atoms with Gasteiger partial charge >= 0.3 is 6.03 Å². The van der Waals surface area contributed by atoms with Crippen LogP contribution in [0.1, 0.15) is 11.6 Å². The number of imide groups is 1. The standard InChI is InChI=1S/C17H18ClN3O3/c18-13-6-8-14(9-7-13)24-11-10-20-15(16(22)21-17(19)23)12-4-2-1-3-5-12/h1-9,15,20H,10-11H2,(H3,19,21,22,23)/p+1/t15-/m1/s1. The van der Waals surface area contributed by atoms with Gasteiger partial charge in [-0.1, -0.05) is 41.9 Å². The van der Waals surface area contributed by atoms with Crippen LogP contribution < -0.4 is 21.1 Å². The molecule has 0 spiro atoms. The maximum Gasteiger partial charge on any atom is 0.319 e. The zero-order chi connectivity index (χ0) is 17.4. The monoisotopic (exact) mass is 348 g/mol. The molecule has 0 aliphatic carbocycles. The normalized spacial score (nSPS) is 11.5. The van der Waals surface area contributed by atoms with Gasteiger partial charge in [-0.2, -0.15) is 0 Å². The summed E-state index contributed by atoms with van der Waals surface area (Å²) in [5.41, 5.74) is 5.81. The van der Waals surface area contributed by atoms with Crippen molar-refractivity contribution in [2.45, 2.75) is 6.04 Å². The first-order valence-electron chi connectivity index (χ1n) is 7.43. The summed E-state index contributed by atoms with van der Waals surface area (Å²) in [4.78, 5) is 23.1. The Kier molecular flexibility index (Phi) is 6.60. The van der Waals surface area contributed by atoms with Crippen LogP contribution >= 0.6 is 11.6 Å². The second-order valence-electron chi connectivity index (χ2n) is 5.07. The van der Waals surface area contributed by atoms with Gasteiger partial charge < -0.3 is 15.8 Å². The molecule has 1 atom stereocenters. The Balaban J connectivity index is 1.92. The molecule has 2 rings (SSSR count). The lowest BCUT2D eigenvalue weighted by Crippen LogP contribution is -2.88. The van der Waals surface area contributed by atoms with Gasteiger partial charge in [0.2, 0.25) is 0 Å². The van der Waals surface area contributed by atoms with Crippen LogP contribution in [0, 0.1) is 0 Å². The molecule has 3 amide bonds. The predicted octanol–water partition coefficient (Wildman–Crippen LogP) is 1.22. The average Bonchev–Trinajstić information content (AvgIpc) is 2.56. The van der Waals surface area contributed by atoms with Gasteiger partial charge in [0, 0.05) is 10.6 Å². The molecular formula is C17H19ClN3O3+. The summed E-state index contributed by atoms with van der Waals surface area (Å²) in [6, 6.07) is 14.8. The minimum Gasteiger partial charge on any atom is -0.488 e. The van der Waals surface area contributed by atoms with Gasteiger partial charge in [-0.25, -0.2) is 4.79 Å².